The van der Waals surface area contributed by atoms with Gasteiger partial charge < -0.3 is 27.9 Å². The number of hydrogen-bond donors (Lipinski definition) is 0. The summed E-state index contributed by atoms with van der Waals surface area (Å²) in [6, 6.07) is 0. The van der Waals surface area contributed by atoms with Crippen molar-refractivity contribution in [2.24, 2.45) is 0 Å². The summed E-state index contributed by atoms with van der Waals surface area (Å²) in [6.07, 6.45) is 58.4. The maximum absolute atomic E-state index is 12.8. The van der Waals surface area contributed by atoms with E-state index >= 15 is 0 Å². The van der Waals surface area contributed by atoms with Crippen LogP contribution in [-0.2, 0) is 32.7 Å². The van der Waals surface area contributed by atoms with Crippen LogP contribution in [0.25, 0.3) is 0 Å². The van der Waals surface area contributed by atoms with Crippen LogP contribution >= 0.6 is 7.82 Å². The molecular formula is C58H114NO8P. The van der Waals surface area contributed by atoms with E-state index in [4.69, 9.17) is 18.5 Å². The van der Waals surface area contributed by atoms with Crippen LogP contribution in [0, 0.1) is 0 Å². The second-order valence-corrected chi connectivity index (χ2v) is 22.8. The Balaban J connectivity index is 4.14. The smallest absolute Gasteiger partial charge is 0.306 e. The highest BCUT2D eigenvalue weighted by molar-refractivity contribution is 7.45. The van der Waals surface area contributed by atoms with Gasteiger partial charge in [-0.15, -0.1) is 0 Å². The number of unbranched alkanes of at least 4 members (excludes halogenated alkanes) is 39. The molecule has 0 aliphatic carbocycles. The summed E-state index contributed by atoms with van der Waals surface area (Å²) in [5, 5.41) is 0. The molecule has 0 bridgehead atoms. The Morgan fingerprint density at radius 3 is 1.13 bits per heavy atom. The lowest BCUT2D eigenvalue weighted by Gasteiger charge is -2.28. The number of likely N-dealkylation sites (N-methyl/N-ethyl adjacent to an activating group) is 1. The van der Waals surface area contributed by atoms with Gasteiger partial charge in [0.1, 0.15) is 19.8 Å². The topological polar surface area (TPSA) is 111 Å². The van der Waals surface area contributed by atoms with Gasteiger partial charge in [0.25, 0.3) is 7.82 Å². The third kappa shape index (κ3) is 54.1. The summed E-state index contributed by atoms with van der Waals surface area (Å²) < 4.78 is 34.1. The first-order chi connectivity index (χ1) is 33.0. The number of phosphoric acid groups is 1. The predicted octanol–water partition coefficient (Wildman–Crippen LogP) is 17.4. The van der Waals surface area contributed by atoms with Crippen molar-refractivity contribution in [3.8, 4) is 0 Å². The van der Waals surface area contributed by atoms with Crippen LogP contribution in [0.5, 0.6) is 0 Å². The van der Waals surface area contributed by atoms with E-state index in [1.54, 1.807) is 0 Å². The Hall–Kier alpha value is -1.25. The van der Waals surface area contributed by atoms with Crippen molar-refractivity contribution in [1.82, 2.24) is 0 Å². The number of rotatable bonds is 55. The first-order valence-corrected chi connectivity index (χ1v) is 30.9. The van der Waals surface area contributed by atoms with Gasteiger partial charge in [-0.1, -0.05) is 264 Å². The fourth-order valence-electron chi connectivity index (χ4n) is 8.72. The summed E-state index contributed by atoms with van der Waals surface area (Å²) >= 11 is 0. The Kier molecular flexibility index (Phi) is 49.8. The van der Waals surface area contributed by atoms with E-state index in [0.29, 0.717) is 23.9 Å². The molecule has 0 saturated carbocycles. The minimum Gasteiger partial charge on any atom is -0.756 e. The van der Waals surface area contributed by atoms with Crippen molar-refractivity contribution in [3.63, 3.8) is 0 Å². The summed E-state index contributed by atoms with van der Waals surface area (Å²) in [5.74, 6) is -0.851. The van der Waals surface area contributed by atoms with Gasteiger partial charge in [0.15, 0.2) is 6.10 Å². The summed E-state index contributed by atoms with van der Waals surface area (Å²) in [6.45, 7) is 4.28. The van der Waals surface area contributed by atoms with Gasteiger partial charge in [0.05, 0.1) is 27.7 Å². The van der Waals surface area contributed by atoms with Gasteiger partial charge >= 0.3 is 11.9 Å². The first kappa shape index (κ1) is 66.8. The molecule has 10 heteroatoms. The van der Waals surface area contributed by atoms with Crippen LogP contribution in [0.3, 0.4) is 0 Å². The highest BCUT2D eigenvalue weighted by Crippen LogP contribution is 2.38. The molecule has 0 fully saturated rings. The number of quaternary nitrogens is 1. The average Bonchev–Trinajstić information content (AvgIpc) is 3.30. The number of carbonyl (C=O) groups excluding carboxylic acids is 2. The number of carbonyl (C=O) groups is 2. The molecule has 0 heterocycles. The Morgan fingerprint density at radius 2 is 0.765 bits per heavy atom. The van der Waals surface area contributed by atoms with Crippen molar-refractivity contribution >= 4 is 19.8 Å². The van der Waals surface area contributed by atoms with Gasteiger partial charge in [-0.05, 0) is 32.1 Å². The van der Waals surface area contributed by atoms with Crippen LogP contribution in [0.4, 0.5) is 0 Å². The van der Waals surface area contributed by atoms with E-state index in [9.17, 15) is 19.0 Å². The zero-order valence-corrected chi connectivity index (χ0v) is 46.7. The van der Waals surface area contributed by atoms with Gasteiger partial charge in [-0.3, -0.25) is 14.2 Å². The monoisotopic (exact) mass is 984 g/mol. The van der Waals surface area contributed by atoms with E-state index in [1.165, 1.54) is 231 Å². The number of nitrogens with zero attached hydrogens (tertiary/aromatic N) is 1. The van der Waals surface area contributed by atoms with Crippen LogP contribution in [-0.4, -0.2) is 70.0 Å². The van der Waals surface area contributed by atoms with E-state index in [1.807, 2.05) is 21.1 Å². The highest BCUT2D eigenvalue weighted by Gasteiger charge is 2.21. The second-order valence-electron chi connectivity index (χ2n) is 21.4. The molecule has 0 aliphatic heterocycles. The molecule has 9 nitrogen and oxygen atoms in total. The lowest BCUT2D eigenvalue weighted by atomic mass is 10.0. The molecule has 0 N–H and O–H groups in total. The molecule has 2 atom stereocenters. The highest BCUT2D eigenvalue weighted by atomic mass is 31.2. The molecule has 0 amide bonds. The molecule has 0 aromatic heterocycles. The number of allylic oxidation sites excluding steroid dienone is 2. The molecule has 0 saturated heterocycles. The van der Waals surface area contributed by atoms with E-state index in [0.717, 1.165) is 25.7 Å². The third-order valence-electron chi connectivity index (χ3n) is 13.3. The Labute approximate surface area is 422 Å². The molecule has 0 aromatic rings. The fraction of sp³-hybridized carbons (Fsp3) is 0.931. The van der Waals surface area contributed by atoms with Gasteiger partial charge in [0.2, 0.25) is 0 Å². The standard InChI is InChI=1S/C58H114NO8P/c1-6-8-10-12-14-16-18-20-22-24-26-28-29-31-32-34-36-38-40-42-44-46-48-50-57(60)64-54-56(55-66-68(62,63)65-53-52-59(3,4)5)67-58(61)51-49-47-45-43-41-39-37-35-33-30-27-25-23-21-19-17-15-13-11-9-7-2/h42,44,56H,6-41,43,45-55H2,1-5H3/b44-42+/t56-/m1/s1. The molecule has 68 heavy (non-hydrogen) atoms. The largest absolute Gasteiger partial charge is 0.756 e. The van der Waals surface area contributed by atoms with Gasteiger partial charge in [-0.25, -0.2) is 0 Å². The average molecular weight is 985 g/mol. The van der Waals surface area contributed by atoms with E-state index in [-0.39, 0.29) is 26.1 Å². The Morgan fingerprint density at radius 1 is 0.441 bits per heavy atom. The molecular weight excluding hydrogens is 870 g/mol. The third-order valence-corrected chi connectivity index (χ3v) is 14.2. The van der Waals surface area contributed by atoms with E-state index in [2.05, 4.69) is 26.0 Å². The molecule has 0 radical (unpaired) electrons. The van der Waals surface area contributed by atoms with Crippen LogP contribution in [0.1, 0.15) is 296 Å². The summed E-state index contributed by atoms with van der Waals surface area (Å²) in [5.41, 5.74) is 0. The number of esters is 2. The Bertz CT molecular complexity index is 1160. The maximum atomic E-state index is 12.8. The van der Waals surface area contributed by atoms with Gasteiger partial charge in [-0.2, -0.15) is 0 Å². The van der Waals surface area contributed by atoms with Crippen molar-refractivity contribution in [2.45, 2.75) is 302 Å². The molecule has 0 rings (SSSR count). The predicted molar refractivity (Wildman–Crippen MR) is 287 cm³/mol. The van der Waals surface area contributed by atoms with Crippen molar-refractivity contribution < 1.29 is 42.1 Å². The minimum absolute atomic E-state index is 0.0306. The molecule has 0 aromatic carbocycles. The zero-order chi connectivity index (χ0) is 49.9. The van der Waals surface area contributed by atoms with Crippen LogP contribution < -0.4 is 4.89 Å². The molecule has 0 aliphatic rings. The van der Waals surface area contributed by atoms with Crippen LogP contribution in [0.2, 0.25) is 0 Å². The number of phosphoric ester groups is 1. The maximum Gasteiger partial charge on any atom is 0.306 e. The number of ether oxygens (including phenoxy) is 2. The lowest BCUT2D eigenvalue weighted by Crippen LogP contribution is -2.37. The summed E-state index contributed by atoms with van der Waals surface area (Å²) in [4.78, 5) is 37.8. The van der Waals surface area contributed by atoms with Crippen LogP contribution in [0.15, 0.2) is 12.2 Å². The van der Waals surface area contributed by atoms with Gasteiger partial charge in [0, 0.05) is 12.8 Å². The van der Waals surface area contributed by atoms with Crippen molar-refractivity contribution in [1.29, 1.82) is 0 Å². The zero-order valence-electron chi connectivity index (χ0n) is 45.8. The first-order valence-electron chi connectivity index (χ1n) is 29.4. The molecule has 1 unspecified atom stereocenters. The molecule has 0 spiro atoms. The normalized spacial score (nSPS) is 13.3. The summed E-state index contributed by atoms with van der Waals surface area (Å²) in [7, 11) is 1.17. The van der Waals surface area contributed by atoms with Crippen molar-refractivity contribution in [2.75, 3.05) is 47.5 Å². The van der Waals surface area contributed by atoms with Crippen molar-refractivity contribution in [3.05, 3.63) is 12.2 Å². The molecule has 404 valence electrons. The SMILES string of the molecule is CCCCCCCCCCCCCCCCCCCC/C=C/CCCC(=O)OC[C@H](COP(=O)([O-])OCC[N+](C)(C)C)OC(=O)CCCCCCCCCCCCCCCCCCCCCCC. The number of hydrogen-bond acceptors (Lipinski definition) is 8. The lowest BCUT2D eigenvalue weighted by molar-refractivity contribution is -0.870. The second kappa shape index (κ2) is 50.7. The minimum atomic E-state index is -4.63. The van der Waals surface area contributed by atoms with E-state index < -0.39 is 32.5 Å². The quantitative estimate of drug-likeness (QED) is 0.0195. The fourth-order valence-corrected chi connectivity index (χ4v) is 9.45.